The molecule has 0 bridgehead atoms. The molecule has 0 aliphatic carbocycles. The normalized spacial score (nSPS) is 11.2. The fourth-order valence-electron chi connectivity index (χ4n) is 3.07. The summed E-state index contributed by atoms with van der Waals surface area (Å²) >= 11 is 1.78. The number of carbonyl (C=O) groups is 1. The van der Waals surface area contributed by atoms with Crippen LogP contribution in [-0.4, -0.2) is 22.3 Å². The van der Waals surface area contributed by atoms with Crippen molar-refractivity contribution in [2.45, 2.75) is 76.3 Å². The maximum Gasteiger partial charge on any atom is 0.404 e. The van der Waals surface area contributed by atoms with Crippen LogP contribution in [0.1, 0.15) is 62.2 Å². The number of amides is 1. The van der Waals surface area contributed by atoms with Gasteiger partial charge in [-0.1, -0.05) is 45.0 Å². The van der Waals surface area contributed by atoms with Crippen molar-refractivity contribution in [2.24, 2.45) is 5.73 Å². The summed E-state index contributed by atoms with van der Waals surface area (Å²) in [6.45, 7) is 11.9. The molecule has 27 heavy (non-hydrogen) atoms. The van der Waals surface area contributed by atoms with E-state index in [1.54, 1.807) is 11.8 Å². The smallest absolute Gasteiger partial charge is 0.404 e. The van der Waals surface area contributed by atoms with Gasteiger partial charge in [0.25, 0.3) is 0 Å². The summed E-state index contributed by atoms with van der Waals surface area (Å²) in [5, 5.41) is 1.19. The van der Waals surface area contributed by atoms with Crippen LogP contribution in [0, 0.1) is 13.8 Å². The molecule has 1 heterocycles. The van der Waals surface area contributed by atoms with Crippen LogP contribution in [0.3, 0.4) is 0 Å². The van der Waals surface area contributed by atoms with Crippen LogP contribution in [0.2, 0.25) is 0 Å². The summed E-state index contributed by atoms with van der Waals surface area (Å²) < 4.78 is 7.24. The second kappa shape index (κ2) is 9.83. The van der Waals surface area contributed by atoms with Gasteiger partial charge in [-0.05, 0) is 49.4 Å². The molecule has 2 rings (SSSR count). The van der Waals surface area contributed by atoms with Gasteiger partial charge in [0.2, 0.25) is 0 Å². The molecule has 0 fully saturated rings. The van der Waals surface area contributed by atoms with Crippen LogP contribution in [0.25, 0.3) is 0 Å². The third-order valence-electron chi connectivity index (χ3n) is 4.29. The van der Waals surface area contributed by atoms with Crippen molar-refractivity contribution < 1.29 is 9.53 Å². The molecule has 0 aliphatic rings. The fraction of sp³-hybridized carbons (Fsp3) is 0.524. The summed E-state index contributed by atoms with van der Waals surface area (Å²) in [6, 6.07) is 6.62. The highest BCUT2D eigenvalue weighted by Crippen LogP contribution is 2.36. The highest BCUT2D eigenvalue weighted by Gasteiger charge is 2.20. The maximum absolute atomic E-state index is 10.9. The molecule has 148 valence electrons. The SMILES string of the molecule is CCCCn1c(CCOC(N)=O)nc(C(C)C)c1Sc1cc(C)cc(C)c1. The minimum Gasteiger partial charge on any atom is -0.449 e. The zero-order valence-corrected chi connectivity index (χ0v) is 17.9. The number of imidazole rings is 1. The number of aromatic nitrogens is 2. The van der Waals surface area contributed by atoms with Crippen molar-refractivity contribution in [3.05, 3.63) is 40.8 Å². The average Bonchev–Trinajstić information content (AvgIpc) is 2.89. The van der Waals surface area contributed by atoms with E-state index < -0.39 is 6.09 Å². The molecule has 0 unspecified atom stereocenters. The molecule has 1 aromatic heterocycles. The zero-order valence-electron chi connectivity index (χ0n) is 17.0. The molecule has 0 saturated heterocycles. The van der Waals surface area contributed by atoms with Crippen LogP contribution in [-0.2, 0) is 17.7 Å². The molecule has 1 aromatic carbocycles. The lowest BCUT2D eigenvalue weighted by molar-refractivity contribution is 0.157. The van der Waals surface area contributed by atoms with Gasteiger partial charge < -0.3 is 15.0 Å². The predicted octanol–water partition coefficient (Wildman–Crippen LogP) is 5.21. The predicted molar refractivity (Wildman–Crippen MR) is 111 cm³/mol. The second-order valence-corrected chi connectivity index (χ2v) is 8.28. The van der Waals surface area contributed by atoms with Crippen molar-refractivity contribution in [1.82, 2.24) is 9.55 Å². The van der Waals surface area contributed by atoms with E-state index in [2.05, 4.69) is 57.4 Å². The van der Waals surface area contributed by atoms with E-state index in [1.807, 2.05) is 0 Å². The van der Waals surface area contributed by atoms with Crippen LogP contribution in [0.5, 0.6) is 0 Å². The van der Waals surface area contributed by atoms with Crippen LogP contribution in [0.4, 0.5) is 4.79 Å². The third kappa shape index (κ3) is 6.03. The Morgan fingerprint density at radius 2 is 1.93 bits per heavy atom. The minimum absolute atomic E-state index is 0.254. The average molecular weight is 390 g/mol. The molecule has 0 saturated carbocycles. The van der Waals surface area contributed by atoms with E-state index in [4.69, 9.17) is 15.5 Å². The van der Waals surface area contributed by atoms with Crippen molar-refractivity contribution in [3.63, 3.8) is 0 Å². The van der Waals surface area contributed by atoms with E-state index >= 15 is 0 Å². The molecule has 5 nitrogen and oxygen atoms in total. The van der Waals surface area contributed by atoms with Gasteiger partial charge in [-0.15, -0.1) is 0 Å². The molecule has 0 spiro atoms. The van der Waals surface area contributed by atoms with Crippen LogP contribution >= 0.6 is 11.8 Å². The number of aryl methyl sites for hydroxylation is 2. The molecule has 2 N–H and O–H groups in total. The first kappa shape index (κ1) is 21.4. The van der Waals surface area contributed by atoms with Crippen molar-refractivity contribution in [3.8, 4) is 0 Å². The number of hydrogen-bond acceptors (Lipinski definition) is 4. The minimum atomic E-state index is -0.740. The summed E-state index contributed by atoms with van der Waals surface area (Å²) in [6.07, 6.45) is 2.02. The van der Waals surface area contributed by atoms with E-state index in [0.717, 1.165) is 30.9 Å². The van der Waals surface area contributed by atoms with Crippen molar-refractivity contribution in [1.29, 1.82) is 0 Å². The highest BCUT2D eigenvalue weighted by atomic mass is 32.2. The zero-order chi connectivity index (χ0) is 20.0. The van der Waals surface area contributed by atoms with Gasteiger partial charge in [-0.3, -0.25) is 0 Å². The number of hydrogen-bond donors (Lipinski definition) is 1. The highest BCUT2D eigenvalue weighted by molar-refractivity contribution is 7.99. The number of benzene rings is 1. The summed E-state index contributed by atoms with van der Waals surface area (Å²) in [5.41, 5.74) is 8.72. The van der Waals surface area contributed by atoms with Gasteiger partial charge in [-0.2, -0.15) is 0 Å². The Balaban J connectivity index is 2.41. The number of carbonyl (C=O) groups excluding carboxylic acids is 1. The second-order valence-electron chi connectivity index (χ2n) is 7.22. The number of nitrogens with zero attached hydrogens (tertiary/aromatic N) is 2. The Hall–Kier alpha value is -1.95. The van der Waals surface area contributed by atoms with Gasteiger partial charge in [0, 0.05) is 17.9 Å². The Morgan fingerprint density at radius 1 is 1.26 bits per heavy atom. The summed E-state index contributed by atoms with van der Waals surface area (Å²) in [4.78, 5) is 17.0. The quantitative estimate of drug-likeness (QED) is 0.639. The van der Waals surface area contributed by atoms with E-state index in [-0.39, 0.29) is 6.61 Å². The standard InChI is InChI=1S/C21H31N3O2S/c1-6-7-9-24-18(8-10-26-21(22)25)23-19(14(2)3)20(24)27-17-12-15(4)11-16(5)13-17/h11-14H,6-10H2,1-5H3,(H2,22,25). The molecule has 0 aliphatic heterocycles. The van der Waals surface area contributed by atoms with Gasteiger partial charge >= 0.3 is 6.09 Å². The van der Waals surface area contributed by atoms with E-state index in [0.29, 0.717) is 12.3 Å². The van der Waals surface area contributed by atoms with E-state index in [9.17, 15) is 4.79 Å². The van der Waals surface area contributed by atoms with Crippen LogP contribution in [0.15, 0.2) is 28.1 Å². The number of unbranched alkanes of at least 4 members (excludes halogenated alkanes) is 1. The first-order chi connectivity index (χ1) is 12.8. The Labute approximate surface area is 166 Å². The maximum atomic E-state index is 10.9. The van der Waals surface area contributed by atoms with Gasteiger partial charge in [0.05, 0.1) is 5.69 Å². The molecule has 0 atom stereocenters. The largest absolute Gasteiger partial charge is 0.449 e. The van der Waals surface area contributed by atoms with Gasteiger partial charge in [0.1, 0.15) is 17.5 Å². The van der Waals surface area contributed by atoms with Crippen LogP contribution < -0.4 is 5.73 Å². The number of rotatable bonds is 9. The lowest BCUT2D eigenvalue weighted by Crippen LogP contribution is -2.16. The monoisotopic (exact) mass is 389 g/mol. The fourth-order valence-corrected chi connectivity index (χ4v) is 4.48. The van der Waals surface area contributed by atoms with Gasteiger partial charge in [0.15, 0.2) is 0 Å². The lowest BCUT2D eigenvalue weighted by Gasteiger charge is -2.14. The third-order valence-corrected chi connectivity index (χ3v) is 5.38. The number of primary amides is 1. The van der Waals surface area contributed by atoms with Crippen molar-refractivity contribution >= 4 is 17.9 Å². The summed E-state index contributed by atoms with van der Waals surface area (Å²) in [7, 11) is 0. The molecule has 6 heteroatoms. The number of nitrogens with two attached hydrogens (primary N) is 1. The molecular formula is C21H31N3O2S. The van der Waals surface area contributed by atoms with E-state index in [1.165, 1.54) is 21.0 Å². The Kier molecular flexibility index (Phi) is 7.78. The Bertz CT molecular complexity index is 764. The first-order valence-electron chi connectivity index (χ1n) is 9.59. The molecule has 0 radical (unpaired) electrons. The van der Waals surface area contributed by atoms with Crippen molar-refractivity contribution in [2.75, 3.05) is 6.61 Å². The molecule has 1 amide bonds. The Morgan fingerprint density at radius 3 is 2.48 bits per heavy atom. The van der Waals surface area contributed by atoms with Gasteiger partial charge in [-0.25, -0.2) is 9.78 Å². The molecule has 2 aromatic rings. The lowest BCUT2D eigenvalue weighted by atomic mass is 10.1. The molecular weight excluding hydrogens is 358 g/mol. The topological polar surface area (TPSA) is 70.1 Å². The number of ether oxygens (including phenoxy) is 1. The summed E-state index contributed by atoms with van der Waals surface area (Å²) in [5.74, 6) is 1.28. The first-order valence-corrected chi connectivity index (χ1v) is 10.4.